The fourth-order valence-corrected chi connectivity index (χ4v) is 3.46. The van der Waals surface area contributed by atoms with Crippen LogP contribution in [0.5, 0.6) is 0 Å². The molecular weight excluding hydrogens is 298 g/mol. The van der Waals surface area contributed by atoms with Crippen molar-refractivity contribution in [3.63, 3.8) is 0 Å². The Labute approximate surface area is 138 Å². The standard InChI is InChI=1S/C16H27N3S2/c1-5-19(12-8-11-18(3)4)13-9-7-10-14(21-6-2)15(13)16(17)20/h7,9-10H,5-6,8,11-12H2,1-4H3,(H2,17,20). The van der Waals surface area contributed by atoms with Gasteiger partial charge in [0, 0.05) is 29.2 Å². The lowest BCUT2D eigenvalue weighted by atomic mass is 10.1. The van der Waals surface area contributed by atoms with E-state index in [-0.39, 0.29) is 0 Å². The summed E-state index contributed by atoms with van der Waals surface area (Å²) in [6, 6.07) is 6.34. The number of nitrogens with two attached hydrogens (primary N) is 1. The number of hydrogen-bond acceptors (Lipinski definition) is 4. The normalized spacial score (nSPS) is 10.9. The number of rotatable bonds is 9. The molecule has 1 aromatic carbocycles. The van der Waals surface area contributed by atoms with E-state index in [1.807, 2.05) is 0 Å². The van der Waals surface area contributed by atoms with Crippen molar-refractivity contribution in [2.45, 2.75) is 25.2 Å². The molecular formula is C16H27N3S2. The van der Waals surface area contributed by atoms with E-state index in [0.29, 0.717) is 4.99 Å². The van der Waals surface area contributed by atoms with Crippen molar-refractivity contribution in [2.75, 3.05) is 44.4 Å². The van der Waals surface area contributed by atoms with Crippen LogP contribution >= 0.6 is 24.0 Å². The highest BCUT2D eigenvalue weighted by Crippen LogP contribution is 2.31. The van der Waals surface area contributed by atoms with Crippen LogP contribution in [-0.2, 0) is 0 Å². The SMILES string of the molecule is CCSc1cccc(N(CC)CCCN(C)C)c1C(N)=S. The van der Waals surface area contributed by atoms with Gasteiger partial charge in [-0.3, -0.25) is 0 Å². The van der Waals surface area contributed by atoms with Gasteiger partial charge in [0.15, 0.2) is 0 Å². The summed E-state index contributed by atoms with van der Waals surface area (Å²) < 4.78 is 0. The highest BCUT2D eigenvalue weighted by atomic mass is 32.2. The molecule has 2 N–H and O–H groups in total. The predicted octanol–water partition coefficient (Wildman–Crippen LogP) is 3.21. The molecule has 0 aromatic heterocycles. The van der Waals surface area contributed by atoms with Gasteiger partial charge < -0.3 is 15.5 Å². The zero-order valence-electron chi connectivity index (χ0n) is 13.6. The fourth-order valence-electron chi connectivity index (χ4n) is 2.33. The number of anilines is 1. The van der Waals surface area contributed by atoms with Gasteiger partial charge in [-0.2, -0.15) is 0 Å². The Balaban J connectivity index is 3.02. The molecule has 0 amide bonds. The minimum absolute atomic E-state index is 0.493. The summed E-state index contributed by atoms with van der Waals surface area (Å²) in [6.45, 7) is 7.39. The van der Waals surface area contributed by atoms with Crippen LogP contribution in [0.1, 0.15) is 25.8 Å². The van der Waals surface area contributed by atoms with Crippen molar-refractivity contribution < 1.29 is 0 Å². The van der Waals surface area contributed by atoms with Crippen LogP contribution in [-0.4, -0.2) is 49.4 Å². The maximum absolute atomic E-state index is 6.00. The summed E-state index contributed by atoms with van der Waals surface area (Å²) in [5, 5.41) is 0. The molecule has 5 heteroatoms. The number of benzene rings is 1. The first-order valence-corrected chi connectivity index (χ1v) is 8.85. The van der Waals surface area contributed by atoms with Crippen molar-refractivity contribution in [2.24, 2.45) is 5.73 Å². The fraction of sp³-hybridized carbons (Fsp3) is 0.562. The first kappa shape index (κ1) is 18.3. The van der Waals surface area contributed by atoms with Gasteiger partial charge in [-0.05, 0) is 51.9 Å². The molecule has 1 aromatic rings. The molecule has 0 fully saturated rings. The van der Waals surface area contributed by atoms with Gasteiger partial charge in [0.25, 0.3) is 0 Å². The van der Waals surface area contributed by atoms with Crippen LogP contribution in [0.2, 0.25) is 0 Å². The minimum atomic E-state index is 0.493. The molecule has 0 saturated heterocycles. The molecule has 0 aliphatic carbocycles. The number of hydrogen-bond donors (Lipinski definition) is 1. The third-order valence-corrected chi connectivity index (χ3v) is 4.45. The number of thiocarbonyl (C=S) groups is 1. The van der Waals surface area contributed by atoms with Gasteiger partial charge in [0.1, 0.15) is 4.99 Å². The highest BCUT2D eigenvalue weighted by Gasteiger charge is 2.15. The van der Waals surface area contributed by atoms with E-state index in [2.05, 4.69) is 55.9 Å². The topological polar surface area (TPSA) is 32.5 Å². The minimum Gasteiger partial charge on any atom is -0.389 e. The predicted molar refractivity (Wildman–Crippen MR) is 99.8 cm³/mol. The second-order valence-electron chi connectivity index (χ2n) is 5.18. The Morgan fingerprint density at radius 3 is 2.48 bits per heavy atom. The van der Waals surface area contributed by atoms with E-state index in [1.165, 1.54) is 10.6 Å². The van der Waals surface area contributed by atoms with Crippen molar-refractivity contribution in [1.29, 1.82) is 0 Å². The van der Waals surface area contributed by atoms with Crippen molar-refractivity contribution in [3.05, 3.63) is 23.8 Å². The number of thioether (sulfide) groups is 1. The van der Waals surface area contributed by atoms with E-state index < -0.39 is 0 Å². The quantitative estimate of drug-likeness (QED) is 0.557. The van der Waals surface area contributed by atoms with Crippen LogP contribution < -0.4 is 10.6 Å². The summed E-state index contributed by atoms with van der Waals surface area (Å²) in [5.41, 5.74) is 8.20. The molecule has 3 nitrogen and oxygen atoms in total. The lowest BCUT2D eigenvalue weighted by molar-refractivity contribution is 0.400. The zero-order valence-corrected chi connectivity index (χ0v) is 15.2. The molecule has 118 valence electrons. The molecule has 0 radical (unpaired) electrons. The second-order valence-corrected chi connectivity index (χ2v) is 6.93. The monoisotopic (exact) mass is 325 g/mol. The Morgan fingerprint density at radius 1 is 1.24 bits per heavy atom. The molecule has 0 saturated carbocycles. The zero-order chi connectivity index (χ0) is 15.8. The third kappa shape index (κ3) is 5.49. The molecule has 0 unspecified atom stereocenters. The summed E-state index contributed by atoms with van der Waals surface area (Å²) in [7, 11) is 4.21. The molecule has 0 spiro atoms. The van der Waals surface area contributed by atoms with Crippen molar-refractivity contribution in [3.8, 4) is 0 Å². The number of nitrogens with zero attached hydrogens (tertiary/aromatic N) is 2. The maximum atomic E-state index is 6.00. The Morgan fingerprint density at radius 2 is 1.95 bits per heavy atom. The highest BCUT2D eigenvalue weighted by molar-refractivity contribution is 7.99. The summed E-state index contributed by atoms with van der Waals surface area (Å²) in [4.78, 5) is 6.27. The van der Waals surface area contributed by atoms with E-state index in [1.54, 1.807) is 11.8 Å². The first-order valence-electron chi connectivity index (χ1n) is 7.46. The molecule has 0 atom stereocenters. The van der Waals surface area contributed by atoms with E-state index >= 15 is 0 Å². The average Bonchev–Trinajstić information content (AvgIpc) is 2.43. The van der Waals surface area contributed by atoms with Crippen LogP contribution in [0.25, 0.3) is 0 Å². The lowest BCUT2D eigenvalue weighted by Crippen LogP contribution is -2.29. The molecule has 0 heterocycles. The van der Waals surface area contributed by atoms with Crippen LogP contribution in [0.15, 0.2) is 23.1 Å². The third-order valence-electron chi connectivity index (χ3n) is 3.31. The Hall–Kier alpha value is -0.780. The lowest BCUT2D eigenvalue weighted by Gasteiger charge is -2.27. The van der Waals surface area contributed by atoms with Gasteiger partial charge in [-0.25, -0.2) is 0 Å². The van der Waals surface area contributed by atoms with Crippen molar-refractivity contribution >= 4 is 34.7 Å². The van der Waals surface area contributed by atoms with E-state index in [0.717, 1.165) is 37.4 Å². The Kier molecular flexibility index (Phi) is 8.07. The Bertz CT molecular complexity index is 461. The smallest absolute Gasteiger partial charge is 0.107 e. The maximum Gasteiger partial charge on any atom is 0.107 e. The van der Waals surface area contributed by atoms with Crippen molar-refractivity contribution in [1.82, 2.24) is 4.90 Å². The van der Waals surface area contributed by atoms with Gasteiger partial charge >= 0.3 is 0 Å². The van der Waals surface area contributed by atoms with Crippen LogP contribution in [0.4, 0.5) is 5.69 Å². The largest absolute Gasteiger partial charge is 0.389 e. The van der Waals surface area contributed by atoms with Crippen LogP contribution in [0, 0.1) is 0 Å². The molecule has 0 aliphatic rings. The van der Waals surface area contributed by atoms with Gasteiger partial charge in [0.05, 0.1) is 0 Å². The molecule has 1 rings (SSSR count). The molecule has 0 aliphatic heterocycles. The molecule has 0 bridgehead atoms. The van der Waals surface area contributed by atoms with Gasteiger partial charge in [-0.15, -0.1) is 11.8 Å². The van der Waals surface area contributed by atoms with E-state index in [4.69, 9.17) is 18.0 Å². The summed E-state index contributed by atoms with van der Waals surface area (Å²) in [5.74, 6) is 1.02. The first-order chi connectivity index (χ1) is 10.0. The van der Waals surface area contributed by atoms with Gasteiger partial charge in [-0.1, -0.05) is 25.2 Å². The molecule has 21 heavy (non-hydrogen) atoms. The van der Waals surface area contributed by atoms with E-state index in [9.17, 15) is 0 Å². The summed E-state index contributed by atoms with van der Waals surface area (Å²) in [6.07, 6.45) is 1.13. The van der Waals surface area contributed by atoms with Crippen LogP contribution in [0.3, 0.4) is 0 Å². The van der Waals surface area contributed by atoms with Gasteiger partial charge in [0.2, 0.25) is 0 Å². The average molecular weight is 326 g/mol. The second kappa shape index (κ2) is 9.28. The summed E-state index contributed by atoms with van der Waals surface area (Å²) >= 11 is 7.10.